The highest BCUT2D eigenvalue weighted by Gasteiger charge is 2.18. The lowest BCUT2D eigenvalue weighted by molar-refractivity contribution is 0.0945. The number of amides is 1. The molecule has 1 saturated heterocycles. The summed E-state index contributed by atoms with van der Waals surface area (Å²) >= 11 is 0. The number of aromatic nitrogens is 2. The van der Waals surface area contributed by atoms with Gasteiger partial charge in [0, 0.05) is 25.3 Å². The smallest absolute Gasteiger partial charge is 0.270 e. The lowest BCUT2D eigenvalue weighted by atomic mass is 10.2. The second-order valence-corrected chi connectivity index (χ2v) is 5.70. The number of nitrogens with one attached hydrogen (secondary N) is 1. The summed E-state index contributed by atoms with van der Waals surface area (Å²) in [5.41, 5.74) is 1.82. The fraction of sp³-hybridized carbons (Fsp3) is 0.353. The number of rotatable bonds is 4. The number of carbonyl (C=O) groups excluding carboxylic acids is 1. The van der Waals surface area contributed by atoms with Crippen molar-refractivity contribution in [1.29, 1.82) is 0 Å². The molecular weight excluding hydrogens is 295 g/mol. The van der Waals surface area contributed by atoms with E-state index < -0.39 is 0 Å². The molecule has 0 unspecified atom stereocenters. The molecule has 0 bridgehead atoms. The summed E-state index contributed by atoms with van der Waals surface area (Å²) in [6.45, 7) is 3.96. The number of anilines is 1. The second-order valence-electron chi connectivity index (χ2n) is 5.70. The summed E-state index contributed by atoms with van der Waals surface area (Å²) in [6, 6.07) is 7.84. The summed E-state index contributed by atoms with van der Waals surface area (Å²) < 4.78 is 13.2. The third-order valence-electron chi connectivity index (χ3n) is 3.81. The quantitative estimate of drug-likeness (QED) is 0.942. The molecule has 2 heterocycles. The van der Waals surface area contributed by atoms with Crippen LogP contribution in [0.1, 0.15) is 34.6 Å². The average molecular weight is 314 g/mol. The zero-order valence-corrected chi connectivity index (χ0v) is 13.1. The fourth-order valence-corrected chi connectivity index (χ4v) is 2.65. The summed E-state index contributed by atoms with van der Waals surface area (Å²) in [7, 11) is 0. The van der Waals surface area contributed by atoms with E-state index >= 15 is 0 Å². The third kappa shape index (κ3) is 3.83. The van der Waals surface area contributed by atoms with Crippen molar-refractivity contribution in [2.45, 2.75) is 26.3 Å². The molecule has 23 heavy (non-hydrogen) atoms. The van der Waals surface area contributed by atoms with Crippen molar-refractivity contribution in [2.75, 3.05) is 18.0 Å². The molecule has 0 atom stereocenters. The molecule has 6 heteroatoms. The van der Waals surface area contributed by atoms with Crippen molar-refractivity contribution in [3.63, 3.8) is 0 Å². The Labute approximate surface area is 134 Å². The van der Waals surface area contributed by atoms with Crippen LogP contribution in [0.3, 0.4) is 0 Å². The first-order chi connectivity index (χ1) is 11.1. The van der Waals surface area contributed by atoms with E-state index in [1.165, 1.54) is 12.1 Å². The first-order valence-electron chi connectivity index (χ1n) is 7.75. The monoisotopic (exact) mass is 314 g/mol. The van der Waals surface area contributed by atoms with Crippen molar-refractivity contribution in [1.82, 2.24) is 15.3 Å². The Bertz CT molecular complexity index is 713. The molecule has 1 aliphatic heterocycles. The molecule has 1 aromatic heterocycles. The molecule has 1 fully saturated rings. The second kappa shape index (κ2) is 6.73. The Hall–Kier alpha value is -2.50. The Morgan fingerprint density at radius 1 is 1.26 bits per heavy atom. The Kier molecular flexibility index (Phi) is 4.50. The van der Waals surface area contributed by atoms with Gasteiger partial charge in [0.25, 0.3) is 5.91 Å². The zero-order chi connectivity index (χ0) is 16.2. The van der Waals surface area contributed by atoms with E-state index in [1.54, 1.807) is 18.2 Å². The molecule has 2 aromatic rings. The molecule has 120 valence electrons. The van der Waals surface area contributed by atoms with E-state index in [0.29, 0.717) is 17.2 Å². The van der Waals surface area contributed by atoms with Gasteiger partial charge in [-0.1, -0.05) is 12.1 Å². The molecule has 0 aliphatic carbocycles. The fourth-order valence-electron chi connectivity index (χ4n) is 2.65. The predicted molar refractivity (Wildman–Crippen MR) is 85.8 cm³/mol. The zero-order valence-electron chi connectivity index (χ0n) is 13.1. The topological polar surface area (TPSA) is 58.1 Å². The van der Waals surface area contributed by atoms with E-state index in [-0.39, 0.29) is 18.3 Å². The minimum atomic E-state index is -0.314. The number of hydrogen-bond acceptors (Lipinski definition) is 4. The number of nitrogens with zero attached hydrogens (tertiary/aromatic N) is 3. The Morgan fingerprint density at radius 3 is 2.78 bits per heavy atom. The molecule has 1 N–H and O–H groups in total. The minimum absolute atomic E-state index is 0.263. The molecule has 0 radical (unpaired) electrons. The molecule has 1 amide bonds. The highest BCUT2D eigenvalue weighted by Crippen LogP contribution is 2.16. The Morgan fingerprint density at radius 2 is 2.04 bits per heavy atom. The molecule has 1 aliphatic rings. The van der Waals surface area contributed by atoms with Crippen molar-refractivity contribution in [3.05, 3.63) is 53.1 Å². The van der Waals surface area contributed by atoms with Crippen molar-refractivity contribution in [2.24, 2.45) is 0 Å². The standard InChI is InChI=1S/C17H19FN4O/c1-12-9-15(21-17(20-12)22-7-2-3-8-22)16(23)19-11-13-5-4-6-14(18)10-13/h4-6,9-10H,2-3,7-8,11H2,1H3,(H,19,23). The highest BCUT2D eigenvalue weighted by atomic mass is 19.1. The maximum Gasteiger partial charge on any atom is 0.270 e. The largest absolute Gasteiger partial charge is 0.347 e. The van der Waals surface area contributed by atoms with Crippen LogP contribution in [-0.2, 0) is 6.54 Å². The summed E-state index contributed by atoms with van der Waals surface area (Å²) in [5, 5.41) is 2.77. The SMILES string of the molecule is Cc1cc(C(=O)NCc2cccc(F)c2)nc(N2CCCC2)n1. The predicted octanol–water partition coefficient (Wildman–Crippen LogP) is 2.45. The summed E-state index contributed by atoms with van der Waals surface area (Å²) in [5.74, 6) is 0.0181. The molecule has 1 aromatic carbocycles. The van der Waals surface area contributed by atoms with Crippen molar-refractivity contribution >= 4 is 11.9 Å². The number of carbonyl (C=O) groups is 1. The molecule has 5 nitrogen and oxygen atoms in total. The number of halogens is 1. The number of benzene rings is 1. The molecular formula is C17H19FN4O. The van der Waals surface area contributed by atoms with Gasteiger partial charge in [0.1, 0.15) is 11.5 Å². The van der Waals surface area contributed by atoms with E-state index in [0.717, 1.165) is 31.6 Å². The van der Waals surface area contributed by atoms with Crippen LogP contribution < -0.4 is 10.2 Å². The van der Waals surface area contributed by atoms with Gasteiger partial charge in [-0.25, -0.2) is 14.4 Å². The first kappa shape index (κ1) is 15.4. The van der Waals surface area contributed by atoms with Gasteiger partial charge in [-0.05, 0) is 43.5 Å². The van der Waals surface area contributed by atoms with Crippen LogP contribution in [0.4, 0.5) is 10.3 Å². The summed E-state index contributed by atoms with van der Waals surface area (Å²) in [6.07, 6.45) is 2.25. The van der Waals surface area contributed by atoms with Gasteiger partial charge < -0.3 is 10.2 Å². The normalized spacial score (nSPS) is 14.1. The van der Waals surface area contributed by atoms with Crippen LogP contribution in [0.15, 0.2) is 30.3 Å². The van der Waals surface area contributed by atoms with E-state index in [2.05, 4.69) is 20.2 Å². The van der Waals surface area contributed by atoms with Crippen LogP contribution in [0.25, 0.3) is 0 Å². The third-order valence-corrected chi connectivity index (χ3v) is 3.81. The highest BCUT2D eigenvalue weighted by molar-refractivity contribution is 5.92. The van der Waals surface area contributed by atoms with Crippen LogP contribution in [0.2, 0.25) is 0 Å². The van der Waals surface area contributed by atoms with Gasteiger partial charge in [-0.2, -0.15) is 0 Å². The molecule has 0 saturated carbocycles. The van der Waals surface area contributed by atoms with Crippen LogP contribution in [-0.4, -0.2) is 29.0 Å². The average Bonchev–Trinajstić information content (AvgIpc) is 3.06. The lowest BCUT2D eigenvalue weighted by Gasteiger charge is -2.16. The maximum atomic E-state index is 13.2. The number of hydrogen-bond donors (Lipinski definition) is 1. The van der Waals surface area contributed by atoms with Gasteiger partial charge in [-0.3, -0.25) is 4.79 Å². The Balaban J connectivity index is 1.71. The van der Waals surface area contributed by atoms with E-state index in [9.17, 15) is 9.18 Å². The van der Waals surface area contributed by atoms with Gasteiger partial charge in [0.05, 0.1) is 0 Å². The molecule has 3 rings (SSSR count). The maximum absolute atomic E-state index is 13.2. The first-order valence-corrected chi connectivity index (χ1v) is 7.75. The van der Waals surface area contributed by atoms with Crippen LogP contribution in [0.5, 0.6) is 0 Å². The van der Waals surface area contributed by atoms with Crippen LogP contribution in [0, 0.1) is 12.7 Å². The lowest BCUT2D eigenvalue weighted by Crippen LogP contribution is -2.26. The van der Waals surface area contributed by atoms with E-state index in [1.807, 2.05) is 6.92 Å². The van der Waals surface area contributed by atoms with Crippen molar-refractivity contribution < 1.29 is 9.18 Å². The van der Waals surface area contributed by atoms with Gasteiger partial charge >= 0.3 is 0 Å². The minimum Gasteiger partial charge on any atom is -0.347 e. The number of aryl methyl sites for hydroxylation is 1. The van der Waals surface area contributed by atoms with Gasteiger partial charge in [-0.15, -0.1) is 0 Å². The van der Waals surface area contributed by atoms with Crippen molar-refractivity contribution in [3.8, 4) is 0 Å². The molecule has 0 spiro atoms. The van der Waals surface area contributed by atoms with Crippen LogP contribution >= 0.6 is 0 Å². The van der Waals surface area contributed by atoms with Gasteiger partial charge in [0.2, 0.25) is 5.95 Å². The van der Waals surface area contributed by atoms with E-state index in [4.69, 9.17) is 0 Å². The van der Waals surface area contributed by atoms with Gasteiger partial charge in [0.15, 0.2) is 0 Å². The summed E-state index contributed by atoms with van der Waals surface area (Å²) in [4.78, 5) is 23.2.